The Hall–Kier alpha value is -0.980. The van der Waals surface area contributed by atoms with Crippen molar-refractivity contribution in [2.45, 2.75) is 12.7 Å². The molecular weight excluding hydrogens is 229 g/mol. The first-order valence-corrected chi connectivity index (χ1v) is 5.47. The molecule has 0 saturated heterocycles. The van der Waals surface area contributed by atoms with E-state index < -0.39 is 17.5 Å². The molecule has 0 atom stereocenters. The van der Waals surface area contributed by atoms with Gasteiger partial charge < -0.3 is 0 Å². The molecule has 0 aliphatic heterocycles. The number of alkyl halides is 3. The van der Waals surface area contributed by atoms with Crippen LogP contribution in [-0.2, 0) is 6.54 Å². The topological polar surface area (TPSA) is 34.9 Å². The highest BCUT2D eigenvalue weighted by atomic mass is 32.2. The molecule has 84 valence electrons. The lowest BCUT2D eigenvalue weighted by Gasteiger charge is -2.01. The van der Waals surface area contributed by atoms with Crippen LogP contribution in [0, 0.1) is 0 Å². The van der Waals surface area contributed by atoms with Crippen molar-refractivity contribution in [1.82, 2.24) is 9.78 Å². The van der Waals surface area contributed by atoms with E-state index in [4.69, 9.17) is 0 Å². The van der Waals surface area contributed by atoms with E-state index in [0.29, 0.717) is 6.54 Å². The van der Waals surface area contributed by atoms with E-state index in [1.54, 1.807) is 11.8 Å². The molecule has 1 aromatic rings. The van der Waals surface area contributed by atoms with Gasteiger partial charge in [-0.1, -0.05) is 0 Å². The van der Waals surface area contributed by atoms with E-state index in [-0.39, 0.29) is 0 Å². The van der Waals surface area contributed by atoms with Crippen LogP contribution >= 0.6 is 11.8 Å². The number of thioether (sulfide) groups is 1. The van der Waals surface area contributed by atoms with Crippen LogP contribution in [-0.4, -0.2) is 33.7 Å². The fraction of sp³-hybridized carbons (Fsp3) is 0.500. The number of hydrogen-bond donors (Lipinski definition) is 0. The summed E-state index contributed by atoms with van der Waals surface area (Å²) < 4.78 is 37.3. The largest absolute Gasteiger partial charge is 0.454 e. The summed E-state index contributed by atoms with van der Waals surface area (Å²) in [6.45, 7) is 0.492. The van der Waals surface area contributed by atoms with Crippen molar-refractivity contribution in [1.29, 1.82) is 0 Å². The molecule has 0 fully saturated rings. The third-order valence-corrected chi connectivity index (χ3v) is 2.27. The lowest BCUT2D eigenvalue weighted by Crippen LogP contribution is -2.22. The number of rotatable bonds is 4. The van der Waals surface area contributed by atoms with Crippen molar-refractivity contribution in [3.8, 4) is 0 Å². The highest BCUT2D eigenvalue weighted by Gasteiger charge is 2.39. The van der Waals surface area contributed by atoms with Gasteiger partial charge in [0.1, 0.15) is 0 Å². The normalized spacial score (nSPS) is 11.7. The number of halogens is 3. The van der Waals surface area contributed by atoms with Crippen molar-refractivity contribution >= 4 is 17.5 Å². The monoisotopic (exact) mass is 238 g/mol. The van der Waals surface area contributed by atoms with Gasteiger partial charge >= 0.3 is 6.18 Å². The maximum atomic E-state index is 12.0. The molecule has 0 aliphatic rings. The molecule has 0 aromatic carbocycles. The van der Waals surface area contributed by atoms with Gasteiger partial charge in [0.05, 0.1) is 11.8 Å². The fourth-order valence-corrected chi connectivity index (χ4v) is 1.32. The van der Waals surface area contributed by atoms with E-state index in [1.165, 1.54) is 4.68 Å². The fourth-order valence-electron chi connectivity index (χ4n) is 0.952. The molecule has 0 saturated carbocycles. The minimum atomic E-state index is -4.83. The zero-order valence-corrected chi connectivity index (χ0v) is 8.73. The standard InChI is InChI=1S/C8H9F3N2OS/c1-15-3-2-13-5-6(4-12-13)7(14)8(9,10)11/h4-5H,2-3H2,1H3. The van der Waals surface area contributed by atoms with Gasteiger partial charge in [0, 0.05) is 18.5 Å². The second kappa shape index (κ2) is 4.69. The SMILES string of the molecule is CSCCn1cc(C(=O)C(F)(F)F)cn1. The number of aromatic nitrogens is 2. The molecule has 0 unspecified atom stereocenters. The molecule has 0 amide bonds. The lowest BCUT2D eigenvalue weighted by atomic mass is 10.2. The zero-order chi connectivity index (χ0) is 11.5. The van der Waals surface area contributed by atoms with Crippen molar-refractivity contribution in [2.24, 2.45) is 0 Å². The minimum Gasteiger partial charge on any atom is -0.284 e. The molecule has 0 N–H and O–H groups in total. The summed E-state index contributed by atoms with van der Waals surface area (Å²) in [5, 5.41) is 3.67. The minimum absolute atomic E-state index is 0.413. The molecule has 0 radical (unpaired) electrons. The van der Waals surface area contributed by atoms with Crippen molar-refractivity contribution in [3.63, 3.8) is 0 Å². The molecule has 1 rings (SSSR count). The first kappa shape index (κ1) is 12.1. The second-order valence-electron chi connectivity index (χ2n) is 2.81. The van der Waals surface area contributed by atoms with Crippen LogP contribution in [0.25, 0.3) is 0 Å². The summed E-state index contributed by atoms with van der Waals surface area (Å²) >= 11 is 1.55. The number of Topliss-reactive ketones (excluding diaryl/α,β-unsaturated/α-hetero) is 1. The van der Waals surface area contributed by atoms with Crippen molar-refractivity contribution in [2.75, 3.05) is 12.0 Å². The Bertz CT molecular complexity index is 348. The lowest BCUT2D eigenvalue weighted by molar-refractivity contribution is -0.0885. The molecule has 0 spiro atoms. The van der Waals surface area contributed by atoms with Gasteiger partial charge in [-0.05, 0) is 6.26 Å². The molecule has 1 heterocycles. The Morgan fingerprint density at radius 3 is 2.80 bits per heavy atom. The summed E-state index contributed by atoms with van der Waals surface area (Å²) in [5.41, 5.74) is -0.413. The zero-order valence-electron chi connectivity index (χ0n) is 7.91. The Labute approximate surface area is 88.6 Å². The number of aryl methyl sites for hydroxylation is 1. The van der Waals surface area contributed by atoms with Gasteiger partial charge in [-0.2, -0.15) is 30.0 Å². The van der Waals surface area contributed by atoms with Crippen molar-refractivity contribution < 1.29 is 18.0 Å². The first-order chi connectivity index (χ1) is 6.95. The van der Waals surface area contributed by atoms with Crippen LogP contribution in [0.1, 0.15) is 10.4 Å². The van der Waals surface area contributed by atoms with Crippen LogP contribution < -0.4 is 0 Å². The molecule has 7 heteroatoms. The smallest absolute Gasteiger partial charge is 0.284 e. The molecular formula is C8H9F3N2OS. The van der Waals surface area contributed by atoms with E-state index in [9.17, 15) is 18.0 Å². The summed E-state index contributed by atoms with van der Waals surface area (Å²) in [4.78, 5) is 10.8. The van der Waals surface area contributed by atoms with Gasteiger partial charge in [-0.3, -0.25) is 9.48 Å². The maximum absolute atomic E-state index is 12.0. The van der Waals surface area contributed by atoms with E-state index in [2.05, 4.69) is 5.10 Å². The predicted octanol–water partition coefficient (Wildman–Crippen LogP) is 1.99. The van der Waals surface area contributed by atoms with Crippen LogP contribution in [0.5, 0.6) is 0 Å². The summed E-state index contributed by atoms with van der Waals surface area (Å²) in [5.74, 6) is -1.11. The number of nitrogens with zero attached hydrogens (tertiary/aromatic N) is 2. The Balaban J connectivity index is 2.72. The maximum Gasteiger partial charge on any atom is 0.454 e. The second-order valence-corrected chi connectivity index (χ2v) is 3.80. The third kappa shape index (κ3) is 3.26. The van der Waals surface area contributed by atoms with Crippen LogP contribution in [0.2, 0.25) is 0 Å². The number of ketones is 1. The van der Waals surface area contributed by atoms with Crippen LogP contribution in [0.3, 0.4) is 0 Å². The third-order valence-electron chi connectivity index (χ3n) is 1.68. The Kier molecular flexibility index (Phi) is 3.78. The number of carbonyl (C=O) groups excluding carboxylic acids is 1. The highest BCUT2D eigenvalue weighted by molar-refractivity contribution is 7.98. The number of carbonyl (C=O) groups is 1. The van der Waals surface area contributed by atoms with Gasteiger partial charge in [0.15, 0.2) is 0 Å². The Morgan fingerprint density at radius 2 is 2.27 bits per heavy atom. The molecule has 1 aromatic heterocycles. The van der Waals surface area contributed by atoms with E-state index >= 15 is 0 Å². The average molecular weight is 238 g/mol. The summed E-state index contributed by atoms with van der Waals surface area (Å²) in [6, 6.07) is 0. The molecule has 15 heavy (non-hydrogen) atoms. The molecule has 0 aliphatic carbocycles. The predicted molar refractivity (Wildman–Crippen MR) is 51.0 cm³/mol. The van der Waals surface area contributed by atoms with Crippen molar-refractivity contribution in [3.05, 3.63) is 18.0 Å². The Morgan fingerprint density at radius 1 is 1.60 bits per heavy atom. The summed E-state index contributed by atoms with van der Waals surface area (Å²) in [6.07, 6.45) is -0.888. The first-order valence-electron chi connectivity index (χ1n) is 4.08. The number of hydrogen-bond acceptors (Lipinski definition) is 3. The highest BCUT2D eigenvalue weighted by Crippen LogP contribution is 2.20. The van der Waals surface area contributed by atoms with Gasteiger partial charge in [0.25, 0.3) is 5.78 Å². The molecule has 3 nitrogen and oxygen atoms in total. The van der Waals surface area contributed by atoms with Crippen LogP contribution in [0.4, 0.5) is 13.2 Å². The molecule has 0 bridgehead atoms. The van der Waals surface area contributed by atoms with E-state index in [1.807, 2.05) is 6.26 Å². The van der Waals surface area contributed by atoms with Crippen LogP contribution in [0.15, 0.2) is 12.4 Å². The summed E-state index contributed by atoms with van der Waals surface area (Å²) in [7, 11) is 0. The average Bonchev–Trinajstić information content (AvgIpc) is 2.60. The quantitative estimate of drug-likeness (QED) is 0.752. The van der Waals surface area contributed by atoms with E-state index in [0.717, 1.165) is 18.1 Å². The van der Waals surface area contributed by atoms with Gasteiger partial charge in [-0.25, -0.2) is 0 Å². The van der Waals surface area contributed by atoms with Gasteiger partial charge in [-0.15, -0.1) is 0 Å². The van der Waals surface area contributed by atoms with Gasteiger partial charge in [0.2, 0.25) is 0 Å².